The number of benzene rings is 1. The van der Waals surface area contributed by atoms with E-state index in [1.165, 1.54) is 5.56 Å². The summed E-state index contributed by atoms with van der Waals surface area (Å²) in [6.07, 6.45) is 3.15. The zero-order valence-electron chi connectivity index (χ0n) is 13.3. The normalized spacial score (nSPS) is 25.0. The number of amides is 2. The first-order chi connectivity index (χ1) is 11.0. The van der Waals surface area contributed by atoms with Crippen LogP contribution < -0.4 is 0 Å². The molecule has 1 saturated heterocycles. The molecule has 2 fully saturated rings. The lowest BCUT2D eigenvalue weighted by molar-refractivity contribution is -0.151. The quantitative estimate of drug-likeness (QED) is 0.835. The van der Waals surface area contributed by atoms with E-state index < -0.39 is 0 Å². The van der Waals surface area contributed by atoms with Crippen LogP contribution >= 0.6 is 11.6 Å². The Labute approximate surface area is 141 Å². The van der Waals surface area contributed by atoms with E-state index in [0.717, 1.165) is 31.4 Å². The first-order valence-corrected chi connectivity index (χ1v) is 8.79. The molecule has 1 aromatic rings. The third-order valence-corrected chi connectivity index (χ3v) is 5.77. The van der Waals surface area contributed by atoms with Gasteiger partial charge in [0.25, 0.3) is 0 Å². The van der Waals surface area contributed by atoms with E-state index in [1.54, 1.807) is 4.90 Å². The molecule has 4 nitrogen and oxygen atoms in total. The molecule has 5 heteroatoms. The molecule has 1 saturated carbocycles. The zero-order valence-corrected chi connectivity index (χ0v) is 14.1. The molecule has 2 atom stereocenters. The Morgan fingerprint density at radius 2 is 2.13 bits per heavy atom. The maximum Gasteiger partial charge on any atom is 0.242 e. The van der Waals surface area contributed by atoms with Gasteiger partial charge in [-0.2, -0.15) is 0 Å². The van der Waals surface area contributed by atoms with Crippen molar-refractivity contribution in [3.63, 3.8) is 0 Å². The lowest BCUT2D eigenvalue weighted by Gasteiger charge is -2.45. The second-order valence-corrected chi connectivity index (χ2v) is 7.48. The van der Waals surface area contributed by atoms with Crippen molar-refractivity contribution < 1.29 is 9.59 Å². The van der Waals surface area contributed by atoms with Crippen molar-refractivity contribution in [2.75, 3.05) is 19.6 Å². The Hall–Kier alpha value is -1.55. The number of carbonyl (C=O) groups is 2. The lowest BCUT2D eigenvalue weighted by Crippen LogP contribution is -2.56. The van der Waals surface area contributed by atoms with E-state index >= 15 is 0 Å². The fraction of sp³-hybridized carbons (Fsp3) is 0.556. The third kappa shape index (κ3) is 2.63. The summed E-state index contributed by atoms with van der Waals surface area (Å²) in [5.41, 5.74) is 2.35. The van der Waals surface area contributed by atoms with E-state index in [-0.39, 0.29) is 30.3 Å². The van der Waals surface area contributed by atoms with Gasteiger partial charge in [-0.1, -0.05) is 24.6 Å². The van der Waals surface area contributed by atoms with Gasteiger partial charge in [0.1, 0.15) is 0 Å². The molecule has 1 aliphatic carbocycles. The first kappa shape index (κ1) is 15.0. The van der Waals surface area contributed by atoms with Gasteiger partial charge in [-0.3, -0.25) is 9.59 Å². The fourth-order valence-corrected chi connectivity index (χ4v) is 4.13. The molecule has 3 aliphatic rings. The molecule has 0 spiro atoms. The van der Waals surface area contributed by atoms with Gasteiger partial charge in [0, 0.05) is 24.0 Å². The van der Waals surface area contributed by atoms with Gasteiger partial charge in [-0.25, -0.2) is 0 Å². The highest BCUT2D eigenvalue weighted by Crippen LogP contribution is 2.39. The van der Waals surface area contributed by atoms with Crippen LogP contribution in [-0.4, -0.2) is 41.2 Å². The number of hydrogen-bond donors (Lipinski definition) is 0. The average molecular weight is 333 g/mol. The van der Waals surface area contributed by atoms with Crippen LogP contribution in [0.15, 0.2) is 18.2 Å². The van der Waals surface area contributed by atoms with E-state index in [9.17, 15) is 9.59 Å². The summed E-state index contributed by atoms with van der Waals surface area (Å²) in [4.78, 5) is 28.9. The number of piperazine rings is 1. The number of nitrogens with zero attached hydrogens (tertiary/aromatic N) is 2. The second-order valence-electron chi connectivity index (χ2n) is 7.04. The summed E-state index contributed by atoms with van der Waals surface area (Å²) in [6, 6.07) is 5.86. The Kier molecular flexibility index (Phi) is 3.60. The smallest absolute Gasteiger partial charge is 0.242 e. The predicted molar refractivity (Wildman–Crippen MR) is 88.1 cm³/mol. The van der Waals surface area contributed by atoms with Crippen LogP contribution in [0.3, 0.4) is 0 Å². The molecular weight excluding hydrogens is 312 g/mol. The van der Waals surface area contributed by atoms with Gasteiger partial charge in [0.2, 0.25) is 11.8 Å². The second kappa shape index (κ2) is 5.52. The van der Waals surface area contributed by atoms with Gasteiger partial charge < -0.3 is 9.80 Å². The molecule has 0 aromatic heterocycles. The predicted octanol–water partition coefficient (Wildman–Crippen LogP) is 2.65. The topological polar surface area (TPSA) is 40.6 Å². The molecule has 2 heterocycles. The summed E-state index contributed by atoms with van der Waals surface area (Å²) in [5.74, 6) is 0.748. The van der Waals surface area contributed by atoms with Crippen LogP contribution in [0.2, 0.25) is 5.02 Å². The highest BCUT2D eigenvalue weighted by atomic mass is 35.5. The summed E-state index contributed by atoms with van der Waals surface area (Å²) in [6.45, 7) is 3.55. The Balaban J connectivity index is 1.62. The summed E-state index contributed by atoms with van der Waals surface area (Å²) in [5, 5.41) is 0.688. The van der Waals surface area contributed by atoms with Crippen LogP contribution in [0.5, 0.6) is 0 Å². The number of carbonyl (C=O) groups excluding carboxylic acids is 2. The van der Waals surface area contributed by atoms with E-state index in [1.807, 2.05) is 30.0 Å². The van der Waals surface area contributed by atoms with Crippen molar-refractivity contribution in [1.82, 2.24) is 9.80 Å². The van der Waals surface area contributed by atoms with E-state index in [4.69, 9.17) is 11.6 Å². The number of hydrogen-bond acceptors (Lipinski definition) is 2. The number of rotatable bonds is 2. The minimum absolute atomic E-state index is 0.0387. The van der Waals surface area contributed by atoms with Crippen molar-refractivity contribution in [3.8, 4) is 0 Å². The van der Waals surface area contributed by atoms with Gasteiger partial charge in [-0.05, 0) is 48.4 Å². The maximum atomic E-state index is 12.7. The first-order valence-electron chi connectivity index (χ1n) is 8.41. The summed E-state index contributed by atoms with van der Waals surface area (Å²) >= 11 is 6.16. The van der Waals surface area contributed by atoms with Gasteiger partial charge in [0.15, 0.2) is 0 Å². The highest BCUT2D eigenvalue weighted by molar-refractivity contribution is 6.30. The molecule has 23 heavy (non-hydrogen) atoms. The largest absolute Gasteiger partial charge is 0.332 e. The molecule has 0 bridgehead atoms. The Morgan fingerprint density at radius 1 is 1.35 bits per heavy atom. The molecule has 0 radical (unpaired) electrons. The van der Waals surface area contributed by atoms with Crippen LogP contribution in [0.25, 0.3) is 0 Å². The van der Waals surface area contributed by atoms with E-state index in [0.29, 0.717) is 17.5 Å². The number of halogens is 1. The lowest BCUT2D eigenvalue weighted by atomic mass is 9.90. The van der Waals surface area contributed by atoms with Crippen molar-refractivity contribution in [2.24, 2.45) is 11.8 Å². The van der Waals surface area contributed by atoms with Crippen LogP contribution in [0, 0.1) is 11.8 Å². The van der Waals surface area contributed by atoms with Crippen LogP contribution in [-0.2, 0) is 16.0 Å². The summed E-state index contributed by atoms with van der Waals surface area (Å²) < 4.78 is 0. The molecule has 2 aliphatic heterocycles. The van der Waals surface area contributed by atoms with Gasteiger partial charge in [0.05, 0.1) is 12.6 Å². The highest BCUT2D eigenvalue weighted by Gasteiger charge is 2.42. The molecule has 0 N–H and O–H groups in total. The average Bonchev–Trinajstić information content (AvgIpc) is 3.38. The molecule has 122 valence electrons. The molecule has 2 unspecified atom stereocenters. The van der Waals surface area contributed by atoms with Crippen molar-refractivity contribution in [3.05, 3.63) is 34.3 Å². The maximum absolute atomic E-state index is 12.7. The van der Waals surface area contributed by atoms with E-state index in [2.05, 4.69) is 0 Å². The van der Waals surface area contributed by atoms with Crippen molar-refractivity contribution in [2.45, 2.75) is 32.2 Å². The minimum atomic E-state index is -0.0472. The Bertz CT molecular complexity index is 671. The zero-order chi connectivity index (χ0) is 16.1. The minimum Gasteiger partial charge on any atom is -0.332 e. The van der Waals surface area contributed by atoms with Crippen molar-refractivity contribution in [1.29, 1.82) is 0 Å². The Morgan fingerprint density at radius 3 is 2.87 bits per heavy atom. The van der Waals surface area contributed by atoms with Gasteiger partial charge in [-0.15, -0.1) is 0 Å². The van der Waals surface area contributed by atoms with Crippen molar-refractivity contribution >= 4 is 23.4 Å². The molecular formula is C18H21ClN2O2. The van der Waals surface area contributed by atoms with Crippen LogP contribution in [0.1, 0.15) is 36.9 Å². The molecule has 1 aromatic carbocycles. The standard InChI is InChI=1S/C18H21ClN2O2/c1-11(12-2-3-12)18(23)20-9-16-15-8-14(19)5-4-13(15)6-7-21(16)17(22)10-20/h4-5,8,11-12,16H,2-3,6-7,9-10H2,1H3. The van der Waals surface area contributed by atoms with Gasteiger partial charge >= 0.3 is 0 Å². The monoisotopic (exact) mass is 332 g/mol. The SMILES string of the molecule is CC(C(=O)N1CC(=O)N2CCc3ccc(Cl)cc3C2C1)C1CC1. The third-order valence-electron chi connectivity index (χ3n) is 5.54. The fourth-order valence-electron chi connectivity index (χ4n) is 3.94. The molecule has 4 rings (SSSR count). The van der Waals surface area contributed by atoms with Crippen LogP contribution in [0.4, 0.5) is 0 Å². The molecule has 2 amide bonds. The summed E-state index contributed by atoms with van der Waals surface area (Å²) in [7, 11) is 0. The number of fused-ring (bicyclic) bond motifs is 3.